The molecule has 1 amide bonds. The van der Waals surface area contributed by atoms with Crippen molar-refractivity contribution in [3.05, 3.63) is 101 Å². The minimum atomic E-state index is -0.830. The van der Waals surface area contributed by atoms with E-state index in [1.165, 1.54) is 11.1 Å². The molecule has 38 heavy (non-hydrogen) atoms. The minimum absolute atomic E-state index is 0.0293. The van der Waals surface area contributed by atoms with E-state index < -0.39 is 5.41 Å². The van der Waals surface area contributed by atoms with Gasteiger partial charge in [-0.1, -0.05) is 71.9 Å². The summed E-state index contributed by atoms with van der Waals surface area (Å²) in [6.45, 7) is 3.72. The molecule has 0 aromatic heterocycles. The van der Waals surface area contributed by atoms with Gasteiger partial charge in [0.15, 0.2) is 0 Å². The quantitative estimate of drug-likeness (QED) is 0.363. The van der Waals surface area contributed by atoms with Crippen LogP contribution in [0.4, 0.5) is 0 Å². The van der Waals surface area contributed by atoms with Gasteiger partial charge in [-0.05, 0) is 60.6 Å². The fourth-order valence-corrected chi connectivity index (χ4v) is 6.66. The number of likely N-dealkylation sites (N-methyl/N-ethyl adjacent to an activating group) is 1. The number of hydrogen-bond donors (Lipinski definition) is 1. The first-order chi connectivity index (χ1) is 18.3. The van der Waals surface area contributed by atoms with Crippen molar-refractivity contribution >= 4 is 11.6 Å². The molecule has 1 N–H and O–H groups in total. The fourth-order valence-electron chi connectivity index (χ4n) is 6.66. The zero-order valence-electron chi connectivity index (χ0n) is 22.7. The van der Waals surface area contributed by atoms with E-state index in [4.69, 9.17) is 4.74 Å². The molecule has 1 aliphatic heterocycles. The van der Waals surface area contributed by atoms with Crippen molar-refractivity contribution in [1.29, 1.82) is 0 Å². The Morgan fingerprint density at radius 1 is 1.08 bits per heavy atom. The summed E-state index contributed by atoms with van der Waals surface area (Å²) in [5.41, 5.74) is 4.04. The number of benzene rings is 3. The van der Waals surface area contributed by atoms with E-state index >= 15 is 0 Å². The molecule has 1 saturated heterocycles. The zero-order valence-corrected chi connectivity index (χ0v) is 22.7. The molecule has 2 aliphatic rings. The molecule has 2 bridgehead atoms. The molecule has 2 unspecified atom stereocenters. The Bertz CT molecular complexity index is 1280. The van der Waals surface area contributed by atoms with Gasteiger partial charge in [0, 0.05) is 32.6 Å². The molecular weight excluding hydrogens is 474 g/mol. The van der Waals surface area contributed by atoms with E-state index in [0.717, 1.165) is 42.0 Å². The van der Waals surface area contributed by atoms with Gasteiger partial charge in [-0.25, -0.2) is 0 Å². The molecular formula is C32H37N3O3. The largest absolute Gasteiger partial charge is 0.497 e. The number of ether oxygens (including phenoxy) is 1. The van der Waals surface area contributed by atoms with Gasteiger partial charge in [0.2, 0.25) is 5.91 Å². The Morgan fingerprint density at radius 3 is 2.26 bits per heavy atom. The van der Waals surface area contributed by atoms with Crippen molar-refractivity contribution in [2.75, 3.05) is 34.3 Å². The lowest BCUT2D eigenvalue weighted by Crippen LogP contribution is -2.60. The molecule has 0 radical (unpaired) electrons. The first-order valence-corrected chi connectivity index (χ1v) is 13.3. The van der Waals surface area contributed by atoms with Gasteiger partial charge in [-0.2, -0.15) is 0 Å². The Labute approximate surface area is 225 Å². The molecule has 6 heteroatoms. The van der Waals surface area contributed by atoms with Crippen LogP contribution in [0.1, 0.15) is 42.0 Å². The van der Waals surface area contributed by atoms with E-state index in [1.807, 2.05) is 56.6 Å². The van der Waals surface area contributed by atoms with Gasteiger partial charge < -0.3 is 14.8 Å². The molecule has 1 fully saturated rings. The Morgan fingerprint density at radius 2 is 1.71 bits per heavy atom. The van der Waals surface area contributed by atoms with Crippen LogP contribution in [-0.4, -0.2) is 67.0 Å². The molecule has 3 aromatic rings. The molecule has 3 aromatic carbocycles. The van der Waals surface area contributed by atoms with E-state index in [2.05, 4.69) is 53.4 Å². The first kappa shape index (κ1) is 26.0. The summed E-state index contributed by atoms with van der Waals surface area (Å²) in [6.07, 6.45) is 2.20. The van der Waals surface area contributed by atoms with Gasteiger partial charge in [-0.15, -0.1) is 0 Å². The second-order valence-electron chi connectivity index (χ2n) is 10.9. The monoisotopic (exact) mass is 511 g/mol. The van der Waals surface area contributed by atoms with Gasteiger partial charge in [0.25, 0.3) is 0 Å². The highest BCUT2D eigenvalue weighted by Crippen LogP contribution is 2.45. The average molecular weight is 512 g/mol. The van der Waals surface area contributed by atoms with Crippen molar-refractivity contribution in [2.45, 2.75) is 43.1 Å². The van der Waals surface area contributed by atoms with Crippen molar-refractivity contribution < 1.29 is 14.7 Å². The maximum absolute atomic E-state index is 14.1. The molecule has 198 valence electrons. The van der Waals surface area contributed by atoms with Gasteiger partial charge in [0.05, 0.1) is 18.9 Å². The van der Waals surface area contributed by atoms with Gasteiger partial charge >= 0.3 is 0 Å². The van der Waals surface area contributed by atoms with Crippen LogP contribution in [0.2, 0.25) is 0 Å². The SMILES string of the molecule is COc1ccc2c(c1)C1(C)CCN(CCC(C(=O)N(C)C)(c3ccccc3)c3ccccc3)C(C2)/C1=N/O. The van der Waals surface area contributed by atoms with Crippen molar-refractivity contribution in [2.24, 2.45) is 5.16 Å². The lowest BCUT2D eigenvalue weighted by atomic mass is 9.63. The smallest absolute Gasteiger partial charge is 0.237 e. The highest BCUT2D eigenvalue weighted by molar-refractivity contribution is 6.01. The summed E-state index contributed by atoms with van der Waals surface area (Å²) in [6, 6.07) is 26.5. The zero-order chi connectivity index (χ0) is 26.9. The van der Waals surface area contributed by atoms with Crippen molar-refractivity contribution in [1.82, 2.24) is 9.80 Å². The Balaban J connectivity index is 1.53. The average Bonchev–Trinajstić information content (AvgIpc) is 2.95. The van der Waals surface area contributed by atoms with E-state index in [0.29, 0.717) is 13.0 Å². The number of nitrogens with zero attached hydrogens (tertiary/aromatic N) is 3. The van der Waals surface area contributed by atoms with Gasteiger partial charge in [0.1, 0.15) is 11.2 Å². The predicted octanol–water partition coefficient (Wildman–Crippen LogP) is 4.88. The summed E-state index contributed by atoms with van der Waals surface area (Å²) in [4.78, 5) is 18.2. The van der Waals surface area contributed by atoms with E-state index in [9.17, 15) is 10.0 Å². The number of rotatable bonds is 7. The number of oxime groups is 1. The second-order valence-corrected chi connectivity index (χ2v) is 10.9. The van der Waals surface area contributed by atoms with Crippen LogP contribution in [0.5, 0.6) is 5.75 Å². The fraction of sp³-hybridized carbons (Fsp3) is 0.375. The second kappa shape index (κ2) is 10.3. The molecule has 1 aliphatic carbocycles. The summed E-state index contributed by atoms with van der Waals surface area (Å²) < 4.78 is 5.51. The van der Waals surface area contributed by atoms with Crippen LogP contribution < -0.4 is 4.74 Å². The summed E-state index contributed by atoms with van der Waals surface area (Å²) in [5, 5.41) is 14.1. The first-order valence-electron chi connectivity index (χ1n) is 13.3. The molecule has 5 rings (SSSR count). The third-order valence-electron chi connectivity index (χ3n) is 8.73. The molecule has 0 saturated carbocycles. The van der Waals surface area contributed by atoms with Crippen molar-refractivity contribution in [3.8, 4) is 5.75 Å². The van der Waals surface area contributed by atoms with E-state index in [-0.39, 0.29) is 17.4 Å². The van der Waals surface area contributed by atoms with Crippen LogP contribution in [0.15, 0.2) is 84.0 Å². The number of piperidine rings is 1. The maximum Gasteiger partial charge on any atom is 0.237 e. The normalized spacial score (nSPS) is 22.1. The number of methoxy groups -OCH3 is 1. The predicted molar refractivity (Wildman–Crippen MR) is 150 cm³/mol. The highest BCUT2D eigenvalue weighted by Gasteiger charge is 2.50. The Kier molecular flexibility index (Phi) is 7.01. The lowest BCUT2D eigenvalue weighted by Gasteiger charge is -2.50. The minimum Gasteiger partial charge on any atom is -0.497 e. The molecule has 1 heterocycles. The van der Waals surface area contributed by atoms with Crippen molar-refractivity contribution in [3.63, 3.8) is 0 Å². The highest BCUT2D eigenvalue weighted by atomic mass is 16.5. The molecule has 0 spiro atoms. The number of carbonyl (C=O) groups is 1. The molecule has 6 nitrogen and oxygen atoms in total. The summed E-state index contributed by atoms with van der Waals surface area (Å²) >= 11 is 0. The van der Waals surface area contributed by atoms with Crippen LogP contribution in [0.25, 0.3) is 0 Å². The van der Waals surface area contributed by atoms with Crippen LogP contribution >= 0.6 is 0 Å². The number of likely N-dealkylation sites (tertiary alicyclic amines) is 1. The third-order valence-corrected chi connectivity index (χ3v) is 8.73. The Hall–Kier alpha value is -3.64. The van der Waals surface area contributed by atoms with Crippen LogP contribution in [0.3, 0.4) is 0 Å². The number of fused-ring (bicyclic) bond motifs is 4. The summed E-state index contributed by atoms with van der Waals surface area (Å²) in [5.74, 6) is 0.884. The molecule has 2 atom stereocenters. The van der Waals surface area contributed by atoms with Crippen LogP contribution in [0, 0.1) is 0 Å². The maximum atomic E-state index is 14.1. The topological polar surface area (TPSA) is 65.4 Å². The van der Waals surface area contributed by atoms with E-state index in [1.54, 1.807) is 12.0 Å². The standard InChI is InChI=1S/C32H37N3O3/c1-31-17-19-35(28(29(31)33-37)21-23-15-16-26(38-4)22-27(23)31)20-18-32(30(36)34(2)3,24-11-7-5-8-12-24)25-13-9-6-10-14-25/h5-16,22,28,37H,17-21H2,1-4H3/b33-29-. The number of carbonyl (C=O) groups excluding carboxylic acids is 1. The van der Waals surface area contributed by atoms with Gasteiger partial charge in [-0.3, -0.25) is 9.69 Å². The number of amides is 1. The number of hydrogen-bond acceptors (Lipinski definition) is 5. The lowest BCUT2D eigenvalue weighted by molar-refractivity contribution is -0.133. The third kappa shape index (κ3) is 4.17. The summed E-state index contributed by atoms with van der Waals surface area (Å²) in [7, 11) is 5.34. The van der Waals surface area contributed by atoms with Crippen LogP contribution in [-0.2, 0) is 22.0 Å².